The standard InChI is InChI=1S/C9H17BBrNO2.C9H18BNO2.C9H16BNO2.C8H14BrNO.C8H16N2.C8H13NO.C6H12BNO2.CH4.FH/c1-10(14)12-4-2-8(3-5-12)6-9(13)7-11;2*1-8(12)7-9-3-5-11(6-4-9)10(2)13;9-6-8(11)5-7-1-3-10-4-2-7;9-8-5-7-1-3-10(6-8)4-2-7;10-8-5-7-1-3-9(6-8)4-2-7;1-7(10)8-4-2-6(9)3-5-8;;/h8,14H,2-7H2,1H3;9,13H,3-7H2,1-2H3;7,13H,3-6H2,1-2H3;7,10H,1-6H2;7-8H,1-6,9H2;7H,1-6H2;10H,2-5H2,1H3;1H4;1H/i/hT. The van der Waals surface area contributed by atoms with E-state index >= 15 is 0 Å². The molecule has 11 rings (SSSR count). The van der Waals surface area contributed by atoms with Gasteiger partial charge in [-0.05, 0) is 252 Å². The molecule has 0 aromatic carbocycles. The Balaban J connectivity index is 0.000000488. The van der Waals surface area contributed by atoms with Crippen LogP contribution < -0.4 is 11.1 Å². The molecule has 11 saturated heterocycles. The van der Waals surface area contributed by atoms with Gasteiger partial charge in [0.25, 0.3) is 1.45 Å². The van der Waals surface area contributed by atoms with Crippen molar-refractivity contribution in [3.63, 3.8) is 0 Å². The van der Waals surface area contributed by atoms with Crippen molar-refractivity contribution in [2.24, 2.45) is 35.3 Å². The Morgan fingerprint density at radius 2 is 0.964 bits per heavy atom. The number of rotatable bonds is 13. The van der Waals surface area contributed by atoms with Gasteiger partial charge in [-0.3, -0.25) is 33.6 Å². The molecule has 0 aromatic rings. The summed E-state index contributed by atoms with van der Waals surface area (Å²) >= 11 is 6.35. The van der Waals surface area contributed by atoms with E-state index in [2.05, 4.69) is 58.0 Å². The Morgan fingerprint density at radius 3 is 1.37 bits per heavy atom. The van der Waals surface area contributed by atoms with Gasteiger partial charge in [-0.2, -0.15) is 0 Å². The van der Waals surface area contributed by atoms with Crippen LogP contribution in [-0.2, 0) is 28.8 Å². The molecule has 83 heavy (non-hydrogen) atoms. The molecule has 0 amide bonds. The van der Waals surface area contributed by atoms with Crippen molar-refractivity contribution >= 4 is 94.8 Å². The van der Waals surface area contributed by atoms with Crippen LogP contribution in [0.1, 0.15) is 143 Å². The molecule has 0 aromatic heterocycles. The Hall–Kier alpha value is -1.57. The van der Waals surface area contributed by atoms with Crippen LogP contribution in [0.15, 0.2) is 11.6 Å². The van der Waals surface area contributed by atoms with E-state index in [-0.39, 0.29) is 40.1 Å². The molecule has 0 radical (unpaired) electrons. The molecular weight excluding hydrogens is 1190 g/mol. The highest BCUT2D eigenvalue weighted by atomic mass is 79.9. The number of piperidine rings is 7. The number of hydrogen-bond donors (Lipinski definition) is 6. The topological polar surface area (TPSA) is 241 Å². The van der Waals surface area contributed by atoms with Gasteiger partial charge in [0.2, 0.25) is 0 Å². The van der Waals surface area contributed by atoms with Crippen LogP contribution >= 0.6 is 31.9 Å². The summed E-state index contributed by atoms with van der Waals surface area (Å²) in [5.74, 6) is 5.22. The molecule has 0 saturated carbocycles. The first-order valence-corrected chi connectivity index (χ1v) is 33.3. The summed E-state index contributed by atoms with van der Waals surface area (Å²) in [6, 6.07) is 0.468. The van der Waals surface area contributed by atoms with Gasteiger partial charge in [-0.15, -0.1) is 0 Å². The van der Waals surface area contributed by atoms with Crippen molar-refractivity contribution < 1.29 is 53.6 Å². The summed E-state index contributed by atoms with van der Waals surface area (Å²) in [5.41, 5.74) is 7.13. The number of carbonyl (C=O) groups is 6. The normalized spacial score (nSPS) is 25.2. The SMILES string of the molecule is C.CB(O)N1CCC(=CC(C)=O)CC1.CB(O)N1CCC(=O)CC1.CB(O)N1CCC(CC(=O)CBr)CC1.CB(O)N1CCC(CC(C)=O)CC1.NC1CC2CCN(CC2)C1.O=C(CBr)CC1CCNCC1.O=C1CC2CCN(CC2)C1.[3H]F. The zero-order valence-corrected chi connectivity index (χ0v) is 54.3. The quantitative estimate of drug-likeness (QED) is 0.0742. The molecule has 11 aliphatic heterocycles. The number of ketones is 6. The van der Waals surface area contributed by atoms with E-state index < -0.39 is 7.05 Å². The van der Waals surface area contributed by atoms with Crippen molar-refractivity contribution in [3.05, 3.63) is 11.6 Å². The number of nitrogens with one attached hydrogen (secondary N) is 1. The van der Waals surface area contributed by atoms with Gasteiger partial charge in [0.15, 0.2) is 5.78 Å². The Bertz CT molecular complexity index is 1830. The van der Waals surface area contributed by atoms with E-state index in [9.17, 15) is 43.8 Å². The highest BCUT2D eigenvalue weighted by molar-refractivity contribution is 9.09. The van der Waals surface area contributed by atoms with E-state index in [1.165, 1.54) is 63.6 Å². The molecule has 11 heterocycles. The molecule has 11 aliphatic rings. The molecule has 476 valence electrons. The number of fused-ring (bicyclic) bond motifs is 8. The zero-order valence-electron chi connectivity index (χ0n) is 52.1. The van der Waals surface area contributed by atoms with Crippen LogP contribution in [0, 0.1) is 29.6 Å². The number of Topliss-reactive ketones (excluding diaryl/α,β-unsaturated/α-hetero) is 5. The monoisotopic (exact) mass is 1300 g/mol. The molecule has 0 spiro atoms. The number of hydrogen-bond acceptors (Lipinski definition) is 18. The van der Waals surface area contributed by atoms with Crippen LogP contribution in [0.2, 0.25) is 27.3 Å². The first-order chi connectivity index (χ1) is 39.5. The summed E-state index contributed by atoms with van der Waals surface area (Å²) in [6.45, 7) is 26.2. The second kappa shape index (κ2) is 44.8. The Morgan fingerprint density at radius 1 is 0.578 bits per heavy atom. The number of carbonyl (C=O) groups excluding carboxylic acids is 6. The lowest BCUT2D eigenvalue weighted by Gasteiger charge is -2.32. The minimum absolute atomic E-state index is 0. The van der Waals surface area contributed by atoms with Crippen molar-refractivity contribution in [3.8, 4) is 0 Å². The minimum atomic E-state index is -0.395. The summed E-state index contributed by atoms with van der Waals surface area (Å²) in [6.07, 6.45) is 20.8. The fourth-order valence-electron chi connectivity index (χ4n) is 12.3. The van der Waals surface area contributed by atoms with Crippen molar-refractivity contribution in [1.82, 2.24) is 34.4 Å². The average Bonchev–Trinajstić information content (AvgIpc) is 4.01. The third-order valence-corrected chi connectivity index (χ3v) is 18.7. The second-order valence-corrected chi connectivity index (χ2v) is 25.7. The molecule has 18 nitrogen and oxygen atoms in total. The molecule has 1 atom stereocenters. The van der Waals surface area contributed by atoms with Gasteiger partial charge in [0, 0.05) is 51.1 Å². The molecule has 11 fully saturated rings. The highest BCUT2D eigenvalue weighted by Gasteiger charge is 2.30. The zero-order chi connectivity index (χ0) is 61.9. The number of nitrogens with zero attached hydrogens (tertiary/aromatic N) is 6. The lowest BCUT2D eigenvalue weighted by molar-refractivity contribution is -0.121. The lowest BCUT2D eigenvalue weighted by Crippen LogP contribution is -2.43. The predicted molar refractivity (Wildman–Crippen MR) is 347 cm³/mol. The molecule has 4 bridgehead atoms. The van der Waals surface area contributed by atoms with E-state index in [4.69, 9.17) is 15.5 Å². The third-order valence-electron chi connectivity index (χ3n) is 17.4. The first-order valence-electron chi connectivity index (χ1n) is 31.4. The number of alkyl halides is 2. The summed E-state index contributed by atoms with van der Waals surface area (Å²) in [4.78, 5) is 78.5. The van der Waals surface area contributed by atoms with Gasteiger partial charge in [-0.1, -0.05) is 44.9 Å². The van der Waals surface area contributed by atoms with Crippen LogP contribution in [0.3, 0.4) is 0 Å². The number of allylic oxidation sites excluding steroid dienone is 1. The average molecular weight is 1300 g/mol. The summed E-state index contributed by atoms with van der Waals surface area (Å²) < 4.78 is 13.0. The highest BCUT2D eigenvalue weighted by Crippen LogP contribution is 2.27. The molecular formula is C58H111B4Br2FN8O10. The van der Waals surface area contributed by atoms with Gasteiger partial charge in [-0.25, -0.2) is 0 Å². The van der Waals surface area contributed by atoms with Crippen molar-refractivity contribution in [1.29, 1.82) is 1.45 Å². The number of nitrogens with two attached hydrogens (primary N) is 1. The molecule has 0 aliphatic carbocycles. The van der Waals surface area contributed by atoms with Crippen LogP contribution in [0.4, 0.5) is 4.72 Å². The Kier molecular flexibility index (Phi) is 41.8. The van der Waals surface area contributed by atoms with Gasteiger partial charge < -0.3 is 60.1 Å². The lowest BCUT2D eigenvalue weighted by atomic mass is 9.80. The fraction of sp³-hybridized carbons (Fsp3) is 0.862. The van der Waals surface area contributed by atoms with Crippen molar-refractivity contribution in [2.45, 2.75) is 177 Å². The van der Waals surface area contributed by atoms with Gasteiger partial charge in [0.05, 0.1) is 17.2 Å². The summed E-state index contributed by atoms with van der Waals surface area (Å²) in [7, 11) is -1.44. The van der Waals surface area contributed by atoms with E-state index in [1.807, 2.05) is 9.62 Å². The Labute approximate surface area is 520 Å². The number of halogens is 3. The van der Waals surface area contributed by atoms with Crippen molar-refractivity contribution in [2.75, 3.05) is 115 Å². The maximum absolute atomic E-state index is 11.2. The van der Waals surface area contributed by atoms with Gasteiger partial charge in [0.1, 0.15) is 28.9 Å². The van der Waals surface area contributed by atoms with Crippen LogP contribution in [0.25, 0.3) is 0 Å². The van der Waals surface area contributed by atoms with E-state index in [0.29, 0.717) is 83.3 Å². The largest absolute Gasteiger partial charge is 0.437 e. The van der Waals surface area contributed by atoms with E-state index in [0.717, 1.165) is 155 Å². The second-order valence-electron chi connectivity index (χ2n) is 24.6. The van der Waals surface area contributed by atoms with Gasteiger partial charge >= 0.3 is 28.2 Å². The molecule has 1 unspecified atom stereocenters. The maximum Gasteiger partial charge on any atom is 0.376 e. The third kappa shape index (κ3) is 35.3. The molecule has 25 heteroatoms. The smallest absolute Gasteiger partial charge is 0.376 e. The van der Waals surface area contributed by atoms with E-state index in [1.54, 1.807) is 47.2 Å². The predicted octanol–water partition coefficient (Wildman–Crippen LogP) is 5.65. The van der Waals surface area contributed by atoms with Crippen LogP contribution in [0.5, 0.6) is 0 Å². The maximum atomic E-state index is 11.2. The summed E-state index contributed by atoms with van der Waals surface area (Å²) in [5, 5.41) is 41.3. The minimum Gasteiger partial charge on any atom is -0.437 e. The first kappa shape index (κ1) is 77.5. The molecule has 7 N–H and O–H groups in total. The van der Waals surface area contributed by atoms with Crippen LogP contribution in [-0.4, -0.2) is 235 Å². The fourth-order valence-corrected chi connectivity index (χ4v) is 12.8.